The van der Waals surface area contributed by atoms with Gasteiger partial charge in [-0.2, -0.15) is 0 Å². The Morgan fingerprint density at radius 1 is 1.11 bits per heavy atom. The fraction of sp³-hybridized carbons (Fsp3) is 0.667. The van der Waals surface area contributed by atoms with Crippen LogP contribution in [0.2, 0.25) is 0 Å². The van der Waals surface area contributed by atoms with E-state index in [0.29, 0.717) is 11.9 Å². The van der Waals surface area contributed by atoms with Gasteiger partial charge in [-0.1, -0.05) is 29.2 Å². The zero-order valence-corrected chi connectivity index (χ0v) is 10.3. The highest BCUT2D eigenvalue weighted by Gasteiger charge is 2.19. The van der Waals surface area contributed by atoms with Crippen LogP contribution >= 0.6 is 0 Å². The first-order chi connectivity index (χ1) is 9.34. The van der Waals surface area contributed by atoms with Gasteiger partial charge in [-0.25, -0.2) is 4.68 Å². The largest absolute Gasteiger partial charge is 0.365 e. The van der Waals surface area contributed by atoms with Crippen molar-refractivity contribution in [2.24, 2.45) is 5.10 Å². The molecule has 2 N–H and O–H groups in total. The number of nitrogens with zero attached hydrogens (tertiary/aromatic N) is 9. The Labute approximate surface area is 108 Å². The molecule has 3 rings (SSSR count). The van der Waals surface area contributed by atoms with Crippen molar-refractivity contribution in [1.82, 2.24) is 40.5 Å². The normalized spacial score (nSPS) is 17.3. The van der Waals surface area contributed by atoms with E-state index in [1.165, 1.54) is 25.5 Å². The molecule has 2 heterocycles. The number of tetrazole rings is 2. The number of nitrogen functional groups attached to an aromatic ring is 1. The van der Waals surface area contributed by atoms with Crippen LogP contribution in [0.3, 0.4) is 0 Å². The lowest BCUT2D eigenvalue weighted by molar-refractivity contribution is 0.323. The maximum atomic E-state index is 5.52. The molecule has 19 heavy (non-hydrogen) atoms. The highest BCUT2D eigenvalue weighted by atomic mass is 15.7. The molecule has 0 radical (unpaired) electrons. The second-order valence-corrected chi connectivity index (χ2v) is 4.44. The van der Waals surface area contributed by atoms with E-state index in [1.807, 2.05) is 4.68 Å². The molecule has 1 aliphatic carbocycles. The maximum Gasteiger partial charge on any atom is 0.263 e. The second kappa shape index (κ2) is 5.08. The van der Waals surface area contributed by atoms with Crippen molar-refractivity contribution in [2.75, 3.05) is 5.73 Å². The predicted molar refractivity (Wildman–Crippen MR) is 65.2 cm³/mol. The number of anilines is 1. The first-order valence-corrected chi connectivity index (χ1v) is 6.20. The molecule has 0 bridgehead atoms. The minimum atomic E-state index is 0.118. The summed E-state index contributed by atoms with van der Waals surface area (Å²) in [5, 5.41) is 26.3. The smallest absolute Gasteiger partial charge is 0.263 e. The molecule has 1 aliphatic rings. The predicted octanol–water partition coefficient (Wildman–Crippen LogP) is -0.371. The standard InChI is InChI=1S/C9H14N10/c10-9-13-15-17-19(9)11-6-8-12-14-16-18(8)7-4-2-1-3-5-7/h6-7H,1-5H2,(H2,10,13,17)/b11-6+. The Morgan fingerprint density at radius 2 is 1.89 bits per heavy atom. The molecule has 10 heteroatoms. The summed E-state index contributed by atoms with van der Waals surface area (Å²) in [7, 11) is 0. The van der Waals surface area contributed by atoms with Crippen LogP contribution in [0.4, 0.5) is 5.95 Å². The molecule has 100 valence electrons. The number of nitrogens with two attached hydrogens (primary N) is 1. The molecule has 2 aromatic heterocycles. The van der Waals surface area contributed by atoms with Crippen LogP contribution in [-0.4, -0.2) is 46.7 Å². The molecule has 10 nitrogen and oxygen atoms in total. The van der Waals surface area contributed by atoms with E-state index in [2.05, 4.69) is 36.2 Å². The van der Waals surface area contributed by atoms with Crippen molar-refractivity contribution >= 4 is 12.2 Å². The van der Waals surface area contributed by atoms with E-state index in [4.69, 9.17) is 5.73 Å². The minimum absolute atomic E-state index is 0.118. The van der Waals surface area contributed by atoms with Gasteiger partial charge in [-0.3, -0.25) is 0 Å². The molecule has 0 spiro atoms. The van der Waals surface area contributed by atoms with Crippen LogP contribution in [0.25, 0.3) is 0 Å². The summed E-state index contributed by atoms with van der Waals surface area (Å²) in [5.41, 5.74) is 5.52. The maximum absolute atomic E-state index is 5.52. The lowest BCUT2D eigenvalue weighted by Gasteiger charge is -2.21. The van der Waals surface area contributed by atoms with Crippen molar-refractivity contribution in [2.45, 2.75) is 38.1 Å². The van der Waals surface area contributed by atoms with Crippen molar-refractivity contribution in [3.8, 4) is 0 Å². The SMILES string of the molecule is Nc1nnnn1/N=C/c1nnnn1C1CCCCC1. The topological polar surface area (TPSA) is 126 Å². The monoisotopic (exact) mass is 262 g/mol. The molecular weight excluding hydrogens is 248 g/mol. The van der Waals surface area contributed by atoms with Gasteiger partial charge < -0.3 is 5.73 Å². The Kier molecular flexibility index (Phi) is 3.12. The molecule has 0 atom stereocenters. The van der Waals surface area contributed by atoms with E-state index < -0.39 is 0 Å². The summed E-state index contributed by atoms with van der Waals surface area (Å²) in [6.45, 7) is 0. The van der Waals surface area contributed by atoms with Crippen LogP contribution in [0.15, 0.2) is 5.10 Å². The van der Waals surface area contributed by atoms with Gasteiger partial charge >= 0.3 is 0 Å². The summed E-state index contributed by atoms with van der Waals surface area (Å²) in [5.74, 6) is 0.703. The zero-order chi connectivity index (χ0) is 13.1. The van der Waals surface area contributed by atoms with E-state index in [1.54, 1.807) is 0 Å². The van der Waals surface area contributed by atoms with Gasteiger partial charge in [0.1, 0.15) is 0 Å². The van der Waals surface area contributed by atoms with Crippen molar-refractivity contribution < 1.29 is 0 Å². The Morgan fingerprint density at radius 3 is 2.63 bits per heavy atom. The summed E-state index contributed by atoms with van der Waals surface area (Å²) < 4.78 is 1.81. The van der Waals surface area contributed by atoms with E-state index >= 15 is 0 Å². The quantitative estimate of drug-likeness (QED) is 0.747. The third kappa shape index (κ3) is 2.41. The van der Waals surface area contributed by atoms with Crippen molar-refractivity contribution in [3.05, 3.63) is 5.82 Å². The van der Waals surface area contributed by atoms with Gasteiger partial charge in [-0.05, 0) is 33.7 Å². The van der Waals surface area contributed by atoms with E-state index in [0.717, 1.165) is 17.6 Å². The molecule has 1 fully saturated rings. The lowest BCUT2D eigenvalue weighted by Crippen LogP contribution is -2.17. The molecule has 0 saturated heterocycles. The van der Waals surface area contributed by atoms with Crippen LogP contribution < -0.4 is 5.73 Å². The summed E-state index contributed by atoms with van der Waals surface area (Å²) >= 11 is 0. The number of hydrogen-bond acceptors (Lipinski definition) is 8. The summed E-state index contributed by atoms with van der Waals surface area (Å²) in [6, 6.07) is 0.344. The molecule has 0 amide bonds. The van der Waals surface area contributed by atoms with Crippen molar-refractivity contribution in [1.29, 1.82) is 0 Å². The highest BCUT2D eigenvalue weighted by Crippen LogP contribution is 2.27. The first-order valence-electron chi connectivity index (χ1n) is 6.20. The van der Waals surface area contributed by atoms with Gasteiger partial charge in [-0.15, -0.1) is 10.2 Å². The van der Waals surface area contributed by atoms with Gasteiger partial charge in [0.15, 0.2) is 5.82 Å². The van der Waals surface area contributed by atoms with Crippen LogP contribution in [0.5, 0.6) is 0 Å². The highest BCUT2D eigenvalue weighted by molar-refractivity contribution is 5.74. The van der Waals surface area contributed by atoms with Gasteiger partial charge in [0.25, 0.3) is 5.95 Å². The van der Waals surface area contributed by atoms with Gasteiger partial charge in [0, 0.05) is 0 Å². The summed E-state index contributed by atoms with van der Waals surface area (Å²) in [4.78, 5) is 1.12. The first kappa shape index (κ1) is 11.7. The zero-order valence-electron chi connectivity index (χ0n) is 10.3. The average molecular weight is 262 g/mol. The van der Waals surface area contributed by atoms with Crippen LogP contribution in [0, 0.1) is 0 Å². The molecule has 0 unspecified atom stereocenters. The molecule has 0 aromatic carbocycles. The van der Waals surface area contributed by atoms with E-state index in [-0.39, 0.29) is 5.95 Å². The minimum Gasteiger partial charge on any atom is -0.365 e. The second-order valence-electron chi connectivity index (χ2n) is 4.44. The van der Waals surface area contributed by atoms with Crippen molar-refractivity contribution in [3.63, 3.8) is 0 Å². The fourth-order valence-electron chi connectivity index (χ4n) is 2.25. The molecule has 1 saturated carbocycles. The number of rotatable bonds is 3. The van der Waals surface area contributed by atoms with Gasteiger partial charge in [0.2, 0.25) is 0 Å². The fourth-order valence-corrected chi connectivity index (χ4v) is 2.25. The Hall–Kier alpha value is -2.39. The number of aromatic nitrogens is 8. The molecular formula is C9H14N10. The molecule has 0 aliphatic heterocycles. The summed E-state index contributed by atoms with van der Waals surface area (Å²) in [6.07, 6.45) is 7.41. The third-order valence-electron chi connectivity index (χ3n) is 3.20. The third-order valence-corrected chi connectivity index (χ3v) is 3.20. The number of hydrogen-bond donors (Lipinski definition) is 1. The molecule has 2 aromatic rings. The van der Waals surface area contributed by atoms with Crippen LogP contribution in [-0.2, 0) is 0 Å². The Bertz CT molecular complexity index is 563. The van der Waals surface area contributed by atoms with E-state index in [9.17, 15) is 0 Å². The van der Waals surface area contributed by atoms with Gasteiger partial charge in [0.05, 0.1) is 12.3 Å². The average Bonchev–Trinajstić information content (AvgIpc) is 3.06. The van der Waals surface area contributed by atoms with Crippen LogP contribution in [0.1, 0.15) is 44.0 Å². The lowest BCUT2D eigenvalue weighted by atomic mass is 9.96. The Balaban J connectivity index is 1.80.